The second kappa shape index (κ2) is 8.83. The van der Waals surface area contributed by atoms with E-state index in [2.05, 4.69) is 11.1 Å². The number of fused-ring (bicyclic) bond motifs is 1. The molecule has 3 heterocycles. The molecule has 1 atom stereocenters. The van der Waals surface area contributed by atoms with Crippen molar-refractivity contribution in [3.8, 4) is 0 Å². The smallest absolute Gasteiger partial charge is 0.296 e. The normalized spacial score (nSPS) is 15.9. The maximum Gasteiger partial charge on any atom is 0.296 e. The van der Waals surface area contributed by atoms with Crippen LogP contribution in [0.1, 0.15) is 43.1 Å². The van der Waals surface area contributed by atoms with Gasteiger partial charge in [-0.2, -0.15) is 0 Å². The number of aliphatic hydroxyl groups excluding tert-OH is 1. The molecule has 0 aliphatic carbocycles. The standard InChI is InChI=1S/C27H26N4O3S2/c1-13-11-14(2)21-19(12-13)36-27(29-21)31-22(17-7-9-18(10-8-17)30(5)6)20(24(33)26(31)34)23(32)25-15(3)28-16(4)35-25/h7-12,22,33H,1-6H3. The Balaban J connectivity index is 1.69. The van der Waals surface area contributed by atoms with Crippen molar-refractivity contribution < 1.29 is 14.7 Å². The molecule has 0 saturated carbocycles. The summed E-state index contributed by atoms with van der Waals surface area (Å²) in [6.45, 7) is 7.60. The highest BCUT2D eigenvalue weighted by atomic mass is 32.1. The maximum absolute atomic E-state index is 13.8. The lowest BCUT2D eigenvalue weighted by Crippen LogP contribution is -2.31. The fourth-order valence-electron chi connectivity index (χ4n) is 4.63. The van der Waals surface area contributed by atoms with Gasteiger partial charge in [-0.3, -0.25) is 14.5 Å². The van der Waals surface area contributed by atoms with E-state index in [1.54, 1.807) is 6.92 Å². The summed E-state index contributed by atoms with van der Waals surface area (Å²) < 4.78 is 0.949. The van der Waals surface area contributed by atoms with Crippen LogP contribution < -0.4 is 9.80 Å². The molecule has 1 N–H and O–H groups in total. The quantitative estimate of drug-likeness (QED) is 0.334. The number of ketones is 1. The highest BCUT2D eigenvalue weighted by Gasteiger charge is 2.46. The number of hydrogen-bond acceptors (Lipinski definition) is 8. The third-order valence-electron chi connectivity index (χ3n) is 6.31. The summed E-state index contributed by atoms with van der Waals surface area (Å²) in [5.41, 5.74) is 5.26. The van der Waals surface area contributed by atoms with Gasteiger partial charge < -0.3 is 10.0 Å². The van der Waals surface area contributed by atoms with Crippen LogP contribution in [0.4, 0.5) is 10.8 Å². The molecule has 7 nitrogen and oxygen atoms in total. The van der Waals surface area contributed by atoms with Crippen LogP contribution in [0.15, 0.2) is 47.7 Å². The van der Waals surface area contributed by atoms with Crippen molar-refractivity contribution in [2.45, 2.75) is 33.7 Å². The molecule has 9 heteroatoms. The molecule has 5 rings (SSSR count). The second-order valence-electron chi connectivity index (χ2n) is 9.23. The molecule has 4 aromatic rings. The fraction of sp³-hybridized carbons (Fsp3) is 0.259. The Labute approximate surface area is 217 Å². The Hall–Kier alpha value is -3.56. The van der Waals surface area contributed by atoms with Crippen molar-refractivity contribution in [1.82, 2.24) is 9.97 Å². The van der Waals surface area contributed by atoms with Gasteiger partial charge in [-0.1, -0.05) is 29.5 Å². The number of aliphatic hydroxyl groups is 1. The summed E-state index contributed by atoms with van der Waals surface area (Å²) >= 11 is 2.64. The summed E-state index contributed by atoms with van der Waals surface area (Å²) in [6, 6.07) is 10.9. The average Bonchev–Trinajstić information content (AvgIpc) is 3.47. The number of amides is 1. The Bertz CT molecular complexity index is 1560. The molecular formula is C27H26N4O3S2. The van der Waals surface area contributed by atoms with E-state index < -0.39 is 17.7 Å². The van der Waals surface area contributed by atoms with Crippen molar-refractivity contribution >= 4 is 55.4 Å². The predicted octanol–water partition coefficient (Wildman–Crippen LogP) is 5.84. The first-order valence-corrected chi connectivity index (χ1v) is 13.1. The van der Waals surface area contributed by atoms with E-state index in [1.165, 1.54) is 27.6 Å². The van der Waals surface area contributed by atoms with Gasteiger partial charge in [0, 0.05) is 19.8 Å². The zero-order chi connectivity index (χ0) is 25.9. The molecule has 0 spiro atoms. The summed E-state index contributed by atoms with van der Waals surface area (Å²) in [5.74, 6) is -1.56. The van der Waals surface area contributed by atoms with Crippen molar-refractivity contribution in [2.24, 2.45) is 0 Å². The first kappa shape index (κ1) is 24.1. The largest absolute Gasteiger partial charge is 0.503 e. The number of anilines is 2. The highest BCUT2D eigenvalue weighted by Crippen LogP contribution is 2.45. The van der Waals surface area contributed by atoms with Crippen LogP contribution >= 0.6 is 22.7 Å². The van der Waals surface area contributed by atoms with Crippen molar-refractivity contribution in [3.63, 3.8) is 0 Å². The monoisotopic (exact) mass is 518 g/mol. The SMILES string of the molecule is Cc1cc(C)c2nc(N3C(=O)C(O)=C(C(=O)c4sc(C)nc4C)C3c3ccc(N(C)C)cc3)sc2c1. The molecule has 1 aliphatic rings. The zero-order valence-corrected chi connectivity index (χ0v) is 22.5. The molecule has 2 aromatic carbocycles. The van der Waals surface area contributed by atoms with E-state index in [4.69, 9.17) is 4.98 Å². The molecule has 36 heavy (non-hydrogen) atoms. The van der Waals surface area contributed by atoms with Crippen molar-refractivity contribution in [2.75, 3.05) is 23.9 Å². The van der Waals surface area contributed by atoms with Gasteiger partial charge in [0.1, 0.15) is 0 Å². The van der Waals surface area contributed by atoms with Gasteiger partial charge in [0.2, 0.25) is 5.78 Å². The van der Waals surface area contributed by atoms with Gasteiger partial charge in [-0.15, -0.1) is 11.3 Å². The summed E-state index contributed by atoms with van der Waals surface area (Å²) in [5, 5.41) is 12.3. The minimum absolute atomic E-state index is 0.0523. The number of carbonyl (C=O) groups excluding carboxylic acids is 2. The minimum Gasteiger partial charge on any atom is -0.503 e. The van der Waals surface area contributed by atoms with E-state index in [-0.39, 0.29) is 11.4 Å². The van der Waals surface area contributed by atoms with E-state index >= 15 is 0 Å². The first-order valence-electron chi connectivity index (χ1n) is 11.5. The molecule has 0 fully saturated rings. The maximum atomic E-state index is 13.8. The molecule has 1 amide bonds. The summed E-state index contributed by atoms with van der Waals surface area (Å²) in [6.07, 6.45) is 0. The van der Waals surface area contributed by atoms with Crippen LogP contribution in [0.2, 0.25) is 0 Å². The van der Waals surface area contributed by atoms with Gasteiger partial charge in [0.25, 0.3) is 5.91 Å². The van der Waals surface area contributed by atoms with Crippen LogP contribution in [0, 0.1) is 27.7 Å². The van der Waals surface area contributed by atoms with Gasteiger partial charge in [0.15, 0.2) is 10.9 Å². The molecule has 1 unspecified atom stereocenters. The summed E-state index contributed by atoms with van der Waals surface area (Å²) in [4.78, 5) is 40.4. The van der Waals surface area contributed by atoms with Crippen LogP contribution in [-0.2, 0) is 4.79 Å². The molecule has 184 valence electrons. The third kappa shape index (κ3) is 3.88. The number of aryl methyl sites for hydroxylation is 4. The molecule has 0 bridgehead atoms. The number of thiazole rings is 2. The molecular weight excluding hydrogens is 492 g/mol. The Kier molecular flexibility index (Phi) is 5.92. The van der Waals surface area contributed by atoms with Crippen LogP contribution in [0.3, 0.4) is 0 Å². The van der Waals surface area contributed by atoms with Crippen LogP contribution in [-0.4, -0.2) is 40.9 Å². The van der Waals surface area contributed by atoms with Crippen molar-refractivity contribution in [1.29, 1.82) is 0 Å². The number of hydrogen-bond donors (Lipinski definition) is 1. The highest BCUT2D eigenvalue weighted by molar-refractivity contribution is 7.22. The van der Waals surface area contributed by atoms with E-state index in [0.717, 1.165) is 32.0 Å². The van der Waals surface area contributed by atoms with Gasteiger partial charge in [0.05, 0.1) is 37.4 Å². The molecule has 1 aliphatic heterocycles. The first-order chi connectivity index (χ1) is 17.1. The lowest BCUT2D eigenvalue weighted by atomic mass is 9.95. The van der Waals surface area contributed by atoms with Crippen molar-refractivity contribution in [3.05, 3.63) is 80.0 Å². The Morgan fingerprint density at radius 2 is 1.72 bits per heavy atom. The third-order valence-corrected chi connectivity index (χ3v) is 8.39. The molecule has 2 aromatic heterocycles. The Morgan fingerprint density at radius 1 is 1.03 bits per heavy atom. The molecule has 0 radical (unpaired) electrons. The van der Waals surface area contributed by atoms with Crippen LogP contribution in [0.5, 0.6) is 0 Å². The van der Waals surface area contributed by atoms with E-state index in [9.17, 15) is 14.7 Å². The Morgan fingerprint density at radius 3 is 2.33 bits per heavy atom. The number of benzene rings is 2. The number of nitrogens with zero attached hydrogens (tertiary/aromatic N) is 4. The van der Waals surface area contributed by atoms with E-state index in [0.29, 0.717) is 21.3 Å². The number of rotatable bonds is 5. The zero-order valence-electron chi connectivity index (χ0n) is 20.9. The van der Waals surface area contributed by atoms with Crippen LogP contribution in [0.25, 0.3) is 10.2 Å². The number of aromatic nitrogens is 2. The molecule has 0 saturated heterocycles. The summed E-state index contributed by atoms with van der Waals surface area (Å²) in [7, 11) is 3.89. The lowest BCUT2D eigenvalue weighted by molar-refractivity contribution is -0.117. The minimum atomic E-state index is -0.815. The lowest BCUT2D eigenvalue weighted by Gasteiger charge is -2.25. The predicted molar refractivity (Wildman–Crippen MR) is 146 cm³/mol. The fourth-order valence-corrected chi connectivity index (χ4v) is 6.67. The second-order valence-corrected chi connectivity index (χ2v) is 11.4. The van der Waals surface area contributed by atoms with Gasteiger partial charge in [-0.25, -0.2) is 9.97 Å². The topological polar surface area (TPSA) is 86.6 Å². The number of Topliss-reactive ketones (excluding diaryl/α,β-unsaturated/α-hetero) is 1. The number of carbonyl (C=O) groups is 2. The van der Waals surface area contributed by atoms with Gasteiger partial charge in [-0.05, 0) is 62.6 Å². The average molecular weight is 519 g/mol. The van der Waals surface area contributed by atoms with Gasteiger partial charge >= 0.3 is 0 Å². The van der Waals surface area contributed by atoms with E-state index in [1.807, 2.05) is 70.1 Å².